The molecule has 2 aromatic carbocycles. The summed E-state index contributed by atoms with van der Waals surface area (Å²) in [6.07, 6.45) is 0.454. The quantitative estimate of drug-likeness (QED) is 0.266. The molecular formula is C31H32N4O5S2. The highest BCUT2D eigenvalue weighted by molar-refractivity contribution is 8.03. The summed E-state index contributed by atoms with van der Waals surface area (Å²) in [6, 6.07) is 17.7. The Balaban J connectivity index is 1.44. The predicted molar refractivity (Wildman–Crippen MR) is 161 cm³/mol. The van der Waals surface area contributed by atoms with E-state index >= 15 is 0 Å². The summed E-state index contributed by atoms with van der Waals surface area (Å²) in [6.45, 7) is 7.45. The number of ether oxygens (including phenoxy) is 2. The number of alkyl carbamates (subject to hydrolysis) is 1. The lowest BCUT2D eigenvalue weighted by Crippen LogP contribution is -2.72. The number of hydrogen-bond acceptors (Lipinski definition) is 10. The van der Waals surface area contributed by atoms with Crippen LogP contribution in [0.5, 0.6) is 0 Å². The lowest BCUT2D eigenvalue weighted by Gasteiger charge is -2.47. The number of carbonyl (C=O) groups excluding carboxylic acids is 3. The van der Waals surface area contributed by atoms with Gasteiger partial charge >= 0.3 is 12.1 Å². The molecule has 218 valence electrons. The molecule has 0 saturated heterocycles. The molecular weight excluding hydrogens is 572 g/mol. The standard InChI is InChI=1S/C31H32N4O5S2/c1-18-34-35-30(42-18)41-16-15-21-17-32-24-23(26(36)25(24)33-29(38)40-31(2,3)4)22(21)28(37)39-27(19-11-7-5-8-12-19)20-13-9-6-10-14-20/h5-16,23-25,27,32H,17H2,1-4H3,(H,33,38). The molecule has 42 heavy (non-hydrogen) atoms. The van der Waals surface area contributed by atoms with Gasteiger partial charge in [-0.1, -0.05) is 89.8 Å². The average Bonchev–Trinajstić information content (AvgIpc) is 3.38. The highest BCUT2D eigenvalue weighted by atomic mass is 32.2. The fraction of sp³-hybridized carbons (Fsp3) is 0.323. The SMILES string of the molecule is Cc1nnc(SC=CC2=C(C(=O)OC(c3ccccc3)c3ccccc3)C3C(=O)C(NC(=O)OC(C)(C)C)C3NC2)s1. The number of rotatable bonds is 8. The van der Waals surface area contributed by atoms with E-state index in [2.05, 4.69) is 20.8 Å². The Kier molecular flexibility index (Phi) is 8.91. The second kappa shape index (κ2) is 12.6. The Labute approximate surface area is 252 Å². The summed E-state index contributed by atoms with van der Waals surface area (Å²) in [7, 11) is 0. The molecule has 1 saturated carbocycles. The zero-order valence-corrected chi connectivity index (χ0v) is 25.3. The maximum absolute atomic E-state index is 14.0. The maximum Gasteiger partial charge on any atom is 0.408 e. The van der Waals surface area contributed by atoms with Crippen LogP contribution in [0.25, 0.3) is 0 Å². The van der Waals surface area contributed by atoms with Gasteiger partial charge in [0, 0.05) is 12.6 Å². The molecule has 11 heteroatoms. The smallest absolute Gasteiger partial charge is 0.408 e. The summed E-state index contributed by atoms with van der Waals surface area (Å²) in [5, 5.41) is 16.8. The normalized spacial score (nSPS) is 20.3. The van der Waals surface area contributed by atoms with Gasteiger partial charge in [0.1, 0.15) is 16.7 Å². The number of aromatic nitrogens is 2. The first-order chi connectivity index (χ1) is 20.1. The summed E-state index contributed by atoms with van der Waals surface area (Å²) in [5.74, 6) is -1.64. The van der Waals surface area contributed by atoms with Crippen molar-refractivity contribution in [3.05, 3.63) is 99.4 Å². The van der Waals surface area contributed by atoms with Crippen LogP contribution in [-0.2, 0) is 19.1 Å². The number of aryl methyl sites for hydroxylation is 1. The Morgan fingerprint density at radius 1 is 1.07 bits per heavy atom. The van der Waals surface area contributed by atoms with Gasteiger partial charge in [0.2, 0.25) is 0 Å². The zero-order chi connectivity index (χ0) is 29.9. The first-order valence-electron chi connectivity index (χ1n) is 13.5. The van der Waals surface area contributed by atoms with Crippen LogP contribution in [0.4, 0.5) is 4.79 Å². The van der Waals surface area contributed by atoms with Gasteiger partial charge < -0.3 is 20.1 Å². The Hall–Kier alpha value is -3.80. The van der Waals surface area contributed by atoms with Gasteiger partial charge in [0.25, 0.3) is 0 Å². The number of carbonyl (C=O) groups is 3. The van der Waals surface area contributed by atoms with E-state index in [9.17, 15) is 14.4 Å². The van der Waals surface area contributed by atoms with Crippen LogP contribution in [0.2, 0.25) is 0 Å². The van der Waals surface area contributed by atoms with Crippen LogP contribution in [0.1, 0.15) is 43.0 Å². The van der Waals surface area contributed by atoms with Crippen molar-refractivity contribution in [1.29, 1.82) is 0 Å². The van der Waals surface area contributed by atoms with E-state index in [4.69, 9.17) is 9.47 Å². The zero-order valence-electron chi connectivity index (χ0n) is 23.7. The molecule has 1 aromatic heterocycles. The number of benzene rings is 2. The van der Waals surface area contributed by atoms with E-state index in [0.717, 1.165) is 20.5 Å². The first-order valence-corrected chi connectivity index (χ1v) is 15.2. The average molecular weight is 605 g/mol. The second-order valence-corrected chi connectivity index (χ2v) is 13.3. The number of Topliss-reactive ketones (excluding diaryl/α,β-unsaturated/α-hetero) is 1. The van der Waals surface area contributed by atoms with Crippen molar-refractivity contribution in [3.63, 3.8) is 0 Å². The van der Waals surface area contributed by atoms with Crippen molar-refractivity contribution in [1.82, 2.24) is 20.8 Å². The molecule has 2 heterocycles. The molecule has 3 aromatic rings. The number of ketones is 1. The second-order valence-electron chi connectivity index (χ2n) is 11.0. The van der Waals surface area contributed by atoms with Gasteiger partial charge in [-0.05, 0) is 49.8 Å². The summed E-state index contributed by atoms with van der Waals surface area (Å²) in [4.78, 5) is 40.0. The van der Waals surface area contributed by atoms with Crippen LogP contribution in [0, 0.1) is 12.8 Å². The number of esters is 1. The third-order valence-electron chi connectivity index (χ3n) is 6.78. The van der Waals surface area contributed by atoms with Crippen LogP contribution in [0.3, 0.4) is 0 Å². The first kappa shape index (κ1) is 29.7. The number of amides is 1. The Morgan fingerprint density at radius 2 is 1.71 bits per heavy atom. The van der Waals surface area contributed by atoms with Gasteiger partial charge in [0.05, 0.1) is 11.5 Å². The minimum atomic E-state index is -0.823. The number of fused-ring (bicyclic) bond motifs is 1. The van der Waals surface area contributed by atoms with Crippen LogP contribution >= 0.6 is 23.1 Å². The molecule has 1 amide bonds. The van der Waals surface area contributed by atoms with E-state index in [1.54, 1.807) is 20.8 Å². The Morgan fingerprint density at radius 3 is 2.29 bits per heavy atom. The molecule has 1 fully saturated rings. The molecule has 1 aliphatic carbocycles. The van der Waals surface area contributed by atoms with Crippen molar-refractivity contribution in [3.8, 4) is 0 Å². The van der Waals surface area contributed by atoms with E-state index in [1.807, 2.05) is 79.1 Å². The monoisotopic (exact) mass is 604 g/mol. The molecule has 2 N–H and O–H groups in total. The lowest BCUT2D eigenvalue weighted by atomic mass is 9.66. The van der Waals surface area contributed by atoms with E-state index < -0.39 is 41.8 Å². The lowest BCUT2D eigenvalue weighted by molar-refractivity contribution is -0.147. The topological polar surface area (TPSA) is 120 Å². The Bertz CT molecular complexity index is 1480. The number of nitrogens with zero attached hydrogens (tertiary/aromatic N) is 2. The molecule has 3 atom stereocenters. The highest BCUT2D eigenvalue weighted by Crippen LogP contribution is 2.39. The van der Waals surface area contributed by atoms with Crippen LogP contribution < -0.4 is 10.6 Å². The van der Waals surface area contributed by atoms with E-state index in [0.29, 0.717) is 12.1 Å². The minimum absolute atomic E-state index is 0.278. The summed E-state index contributed by atoms with van der Waals surface area (Å²) >= 11 is 2.85. The predicted octanol–water partition coefficient (Wildman–Crippen LogP) is 5.15. The van der Waals surface area contributed by atoms with Gasteiger partial charge in [-0.15, -0.1) is 10.2 Å². The number of hydrogen-bond donors (Lipinski definition) is 2. The third-order valence-corrected chi connectivity index (χ3v) is 8.51. The van der Waals surface area contributed by atoms with Crippen molar-refractivity contribution in [2.45, 2.75) is 55.8 Å². The van der Waals surface area contributed by atoms with Crippen LogP contribution in [-0.4, -0.2) is 52.3 Å². The molecule has 1 aliphatic heterocycles. The highest BCUT2D eigenvalue weighted by Gasteiger charge is 2.56. The third kappa shape index (κ3) is 6.80. The molecule has 9 nitrogen and oxygen atoms in total. The minimum Gasteiger partial charge on any atom is -0.449 e. The van der Waals surface area contributed by atoms with Gasteiger partial charge in [-0.2, -0.15) is 0 Å². The van der Waals surface area contributed by atoms with Crippen molar-refractivity contribution < 1.29 is 23.9 Å². The number of thioether (sulfide) groups is 1. The van der Waals surface area contributed by atoms with Crippen LogP contribution in [0.15, 0.2) is 87.6 Å². The maximum atomic E-state index is 14.0. The van der Waals surface area contributed by atoms with E-state index in [1.165, 1.54) is 23.1 Å². The molecule has 0 radical (unpaired) electrons. The van der Waals surface area contributed by atoms with Gasteiger partial charge in [-0.25, -0.2) is 9.59 Å². The molecule has 2 aliphatic rings. The largest absolute Gasteiger partial charge is 0.449 e. The van der Waals surface area contributed by atoms with Crippen molar-refractivity contribution >= 4 is 40.9 Å². The molecule has 0 bridgehead atoms. The molecule has 3 unspecified atom stereocenters. The summed E-state index contributed by atoms with van der Waals surface area (Å²) < 4.78 is 12.3. The van der Waals surface area contributed by atoms with E-state index in [-0.39, 0.29) is 11.4 Å². The fourth-order valence-electron chi connectivity index (χ4n) is 4.96. The van der Waals surface area contributed by atoms with Gasteiger partial charge in [0.15, 0.2) is 16.2 Å². The van der Waals surface area contributed by atoms with Crippen molar-refractivity contribution in [2.75, 3.05) is 6.54 Å². The fourth-order valence-corrected chi connectivity index (χ4v) is 6.53. The van der Waals surface area contributed by atoms with Crippen molar-refractivity contribution in [2.24, 2.45) is 5.92 Å². The molecule has 5 rings (SSSR count). The number of nitrogens with one attached hydrogen (secondary N) is 2. The summed E-state index contributed by atoms with van der Waals surface area (Å²) in [5.41, 5.74) is 1.83. The van der Waals surface area contributed by atoms with Gasteiger partial charge in [-0.3, -0.25) is 4.79 Å². The molecule has 0 spiro atoms.